The van der Waals surface area contributed by atoms with Gasteiger partial charge in [0, 0.05) is 5.56 Å². The molecule has 9 heteroatoms. The number of thiocarbonyl (C=S) groups is 1. The molecule has 0 saturated carbocycles. The third kappa shape index (κ3) is 6.41. The minimum Gasteiger partial charge on any atom is -0.490 e. The van der Waals surface area contributed by atoms with Gasteiger partial charge in [0.15, 0.2) is 15.8 Å². The number of amides is 2. The Balaban J connectivity index is 1.53. The van der Waals surface area contributed by atoms with Crippen LogP contribution in [0.2, 0.25) is 0 Å². The predicted octanol–water partition coefficient (Wildman–Crippen LogP) is 6.59. The van der Waals surface area contributed by atoms with Crippen molar-refractivity contribution in [1.29, 1.82) is 0 Å². The van der Waals surface area contributed by atoms with Gasteiger partial charge in [-0.25, -0.2) is 0 Å². The number of carbonyl (C=O) groups is 2. The zero-order valence-electron chi connectivity index (χ0n) is 20.5. The minimum absolute atomic E-state index is 0.250. The molecule has 2 amide bonds. The lowest BCUT2D eigenvalue weighted by Gasteiger charge is -2.16. The molecule has 0 radical (unpaired) electrons. The monoisotopic (exact) mass is 596 g/mol. The topological polar surface area (TPSA) is 67.9 Å². The highest BCUT2D eigenvalue weighted by molar-refractivity contribution is 9.10. The molecule has 0 bridgehead atoms. The molecule has 0 spiro atoms. The van der Waals surface area contributed by atoms with Gasteiger partial charge >= 0.3 is 0 Å². The number of hydrazine groups is 1. The summed E-state index contributed by atoms with van der Waals surface area (Å²) in [6.07, 6.45) is 1.72. The first-order chi connectivity index (χ1) is 17.8. The number of thioether (sulfide) groups is 1. The van der Waals surface area contributed by atoms with Gasteiger partial charge in [0.2, 0.25) is 0 Å². The van der Waals surface area contributed by atoms with E-state index in [4.69, 9.17) is 21.7 Å². The van der Waals surface area contributed by atoms with E-state index in [2.05, 4.69) is 21.4 Å². The van der Waals surface area contributed by atoms with E-state index in [-0.39, 0.29) is 4.32 Å². The Labute approximate surface area is 234 Å². The molecule has 4 rings (SSSR count). The van der Waals surface area contributed by atoms with Crippen LogP contribution in [-0.2, 0) is 11.4 Å². The van der Waals surface area contributed by atoms with E-state index in [1.54, 1.807) is 18.2 Å². The molecular formula is C28H25BrN2O4S2. The fraction of sp³-hybridized carbons (Fsp3) is 0.179. The van der Waals surface area contributed by atoms with Gasteiger partial charge in [-0.2, -0.15) is 5.01 Å². The molecule has 0 aromatic heterocycles. The summed E-state index contributed by atoms with van der Waals surface area (Å²) in [5.41, 5.74) is 6.86. The highest BCUT2D eigenvalue weighted by atomic mass is 79.9. The van der Waals surface area contributed by atoms with Crippen LogP contribution >= 0.6 is 39.9 Å². The van der Waals surface area contributed by atoms with Crippen LogP contribution in [-0.4, -0.2) is 27.8 Å². The average Bonchev–Trinajstić information content (AvgIpc) is 3.12. The lowest BCUT2D eigenvalue weighted by atomic mass is 10.1. The van der Waals surface area contributed by atoms with Gasteiger partial charge in [-0.1, -0.05) is 59.8 Å². The Morgan fingerprint density at radius 3 is 2.54 bits per heavy atom. The van der Waals surface area contributed by atoms with Crippen LogP contribution in [0.25, 0.3) is 6.08 Å². The number of rotatable bonds is 8. The Hall–Kier alpha value is -3.14. The van der Waals surface area contributed by atoms with Crippen LogP contribution in [0.3, 0.4) is 0 Å². The molecule has 1 saturated heterocycles. The smallest absolute Gasteiger partial charge is 0.285 e. The normalized spacial score (nSPS) is 14.3. The summed E-state index contributed by atoms with van der Waals surface area (Å²) in [5, 5.41) is 1.11. The summed E-state index contributed by atoms with van der Waals surface area (Å²) >= 11 is 10.1. The quantitative estimate of drug-likeness (QED) is 0.234. The summed E-state index contributed by atoms with van der Waals surface area (Å²) < 4.78 is 12.9. The zero-order valence-corrected chi connectivity index (χ0v) is 23.8. The van der Waals surface area contributed by atoms with Gasteiger partial charge in [-0.15, -0.1) is 0 Å². The SMILES string of the molecule is CCOc1cc(/C=C2\SC(=S)N(NC(=O)c3ccccc3C)C2=O)cc(Br)c1OCc1ccc(C)cc1. The van der Waals surface area contributed by atoms with Crippen molar-refractivity contribution in [1.82, 2.24) is 10.4 Å². The largest absolute Gasteiger partial charge is 0.490 e. The molecule has 0 unspecified atom stereocenters. The van der Waals surface area contributed by atoms with Crippen LogP contribution in [0.15, 0.2) is 70.0 Å². The molecule has 3 aromatic rings. The summed E-state index contributed by atoms with van der Waals surface area (Å²) in [6.45, 7) is 6.61. The second kappa shape index (κ2) is 11.9. The van der Waals surface area contributed by atoms with Crippen molar-refractivity contribution in [2.45, 2.75) is 27.4 Å². The molecule has 1 aliphatic rings. The van der Waals surface area contributed by atoms with Crippen molar-refractivity contribution >= 4 is 62.1 Å². The molecule has 6 nitrogen and oxygen atoms in total. The van der Waals surface area contributed by atoms with Crippen molar-refractivity contribution in [2.75, 3.05) is 6.61 Å². The number of ether oxygens (including phenoxy) is 2. The van der Waals surface area contributed by atoms with Crippen LogP contribution in [0, 0.1) is 13.8 Å². The third-order valence-corrected chi connectivity index (χ3v) is 7.42. The number of hydrogen-bond donors (Lipinski definition) is 1. The Kier molecular flexibility index (Phi) is 8.68. The highest BCUT2D eigenvalue weighted by Gasteiger charge is 2.34. The molecule has 3 aromatic carbocycles. The second-order valence-corrected chi connectivity index (χ2v) is 10.8. The van der Waals surface area contributed by atoms with E-state index in [9.17, 15) is 9.59 Å². The maximum absolute atomic E-state index is 13.1. The second-order valence-electron chi connectivity index (χ2n) is 8.31. The third-order valence-electron chi connectivity index (χ3n) is 5.53. The summed E-state index contributed by atoms with van der Waals surface area (Å²) in [6, 6.07) is 19.0. The maximum Gasteiger partial charge on any atom is 0.285 e. The standard InChI is InChI=1S/C28H25BrN2O4S2/c1-4-34-23-14-20(13-22(29)25(23)35-16-19-11-9-17(2)10-12-19)15-24-27(33)31(28(36)37-24)30-26(32)21-8-6-5-7-18(21)3/h5-15H,4,16H2,1-3H3,(H,30,32)/b24-15-. The molecule has 1 aliphatic heterocycles. The van der Waals surface area contributed by atoms with Gasteiger partial charge in [0.25, 0.3) is 11.8 Å². The molecule has 37 heavy (non-hydrogen) atoms. The maximum atomic E-state index is 13.1. The number of nitrogens with zero attached hydrogens (tertiary/aromatic N) is 1. The van der Waals surface area contributed by atoms with Crippen LogP contribution in [0.5, 0.6) is 11.5 Å². The van der Waals surface area contributed by atoms with E-state index < -0.39 is 11.8 Å². The van der Waals surface area contributed by atoms with E-state index in [0.29, 0.717) is 39.7 Å². The molecule has 1 heterocycles. The van der Waals surface area contributed by atoms with Crippen LogP contribution in [0.1, 0.15) is 39.5 Å². The Morgan fingerprint density at radius 1 is 1.11 bits per heavy atom. The fourth-order valence-corrected chi connectivity index (χ4v) is 5.37. The fourth-order valence-electron chi connectivity index (χ4n) is 3.62. The number of halogens is 1. The zero-order chi connectivity index (χ0) is 26.5. The number of nitrogens with one attached hydrogen (secondary N) is 1. The molecule has 1 fully saturated rings. The Morgan fingerprint density at radius 2 is 1.84 bits per heavy atom. The number of hydrogen-bond acceptors (Lipinski definition) is 6. The van der Waals surface area contributed by atoms with Gasteiger partial charge in [-0.05, 0) is 89.9 Å². The first-order valence-electron chi connectivity index (χ1n) is 11.6. The number of aryl methyl sites for hydroxylation is 2. The van der Waals surface area contributed by atoms with Crippen molar-refractivity contribution in [3.63, 3.8) is 0 Å². The number of carbonyl (C=O) groups excluding carboxylic acids is 2. The van der Waals surface area contributed by atoms with Crippen molar-refractivity contribution in [3.8, 4) is 11.5 Å². The van der Waals surface area contributed by atoms with Crippen LogP contribution in [0.4, 0.5) is 0 Å². The average molecular weight is 598 g/mol. The summed E-state index contributed by atoms with van der Waals surface area (Å²) in [4.78, 5) is 26.2. The Bertz CT molecular complexity index is 1390. The van der Waals surface area contributed by atoms with Gasteiger partial charge in [-0.3, -0.25) is 15.0 Å². The molecule has 0 atom stereocenters. The minimum atomic E-state index is -0.397. The lowest BCUT2D eigenvalue weighted by molar-refractivity contribution is -0.123. The van der Waals surface area contributed by atoms with Crippen molar-refractivity contribution in [3.05, 3.63) is 97.9 Å². The number of benzene rings is 3. The summed E-state index contributed by atoms with van der Waals surface area (Å²) in [5.74, 6) is 0.342. The predicted molar refractivity (Wildman–Crippen MR) is 154 cm³/mol. The van der Waals surface area contributed by atoms with E-state index in [1.807, 2.05) is 69.3 Å². The van der Waals surface area contributed by atoms with Gasteiger partial charge in [0.1, 0.15) is 6.61 Å². The van der Waals surface area contributed by atoms with Crippen molar-refractivity contribution < 1.29 is 19.1 Å². The van der Waals surface area contributed by atoms with Gasteiger partial charge < -0.3 is 9.47 Å². The molecule has 0 aliphatic carbocycles. The van der Waals surface area contributed by atoms with Crippen molar-refractivity contribution in [2.24, 2.45) is 0 Å². The van der Waals surface area contributed by atoms with E-state index in [1.165, 1.54) is 5.56 Å². The highest BCUT2D eigenvalue weighted by Crippen LogP contribution is 2.39. The van der Waals surface area contributed by atoms with Gasteiger partial charge in [0.05, 0.1) is 16.0 Å². The molecular weight excluding hydrogens is 572 g/mol. The van der Waals surface area contributed by atoms with Crippen LogP contribution < -0.4 is 14.9 Å². The van der Waals surface area contributed by atoms with E-state index in [0.717, 1.165) is 33.5 Å². The first-order valence-corrected chi connectivity index (χ1v) is 13.6. The molecule has 190 valence electrons. The summed E-state index contributed by atoms with van der Waals surface area (Å²) in [7, 11) is 0. The molecule has 1 N–H and O–H groups in total. The first kappa shape index (κ1) is 26.9. The lowest BCUT2D eigenvalue weighted by Crippen LogP contribution is -2.45. The van der Waals surface area contributed by atoms with E-state index >= 15 is 0 Å².